The second-order valence-electron chi connectivity index (χ2n) is 4.52. The molecule has 0 saturated carbocycles. The summed E-state index contributed by atoms with van der Waals surface area (Å²) in [5.41, 5.74) is 0.808. The molecule has 1 saturated heterocycles. The van der Waals surface area contributed by atoms with Gasteiger partial charge in [0.15, 0.2) is 11.5 Å². The minimum absolute atomic E-state index is 0. The average Bonchev–Trinajstić information content (AvgIpc) is 2.85. The van der Waals surface area contributed by atoms with Crippen LogP contribution in [0.4, 0.5) is 5.69 Å². The Hall–Kier alpha value is -1.53. The maximum atomic E-state index is 11.1. The van der Waals surface area contributed by atoms with E-state index in [0.29, 0.717) is 17.1 Å². The van der Waals surface area contributed by atoms with Crippen molar-refractivity contribution in [2.45, 2.75) is 25.3 Å². The topological polar surface area (TPSA) is 73.6 Å². The summed E-state index contributed by atoms with van der Waals surface area (Å²) in [5, 5.41) is 14.5. The fourth-order valence-corrected chi connectivity index (χ4v) is 2.50. The van der Waals surface area contributed by atoms with Crippen LogP contribution in [0.3, 0.4) is 0 Å². The molecule has 1 aromatic carbocycles. The summed E-state index contributed by atoms with van der Waals surface area (Å²) in [6.07, 6.45) is 3.12. The lowest BCUT2D eigenvalue weighted by Crippen LogP contribution is -2.27. The summed E-state index contributed by atoms with van der Waals surface area (Å²) < 4.78 is 10.5. The number of nitrogens with one attached hydrogen (secondary N) is 1. The number of halogens is 1. The molecule has 2 heterocycles. The third-order valence-corrected chi connectivity index (χ3v) is 3.40. The SMILES string of the molecule is Cl.O=[N+]([O-])c1cc2c(cc1[C@@H]1CCCCN1)OCO2. The Morgan fingerprint density at radius 1 is 1.26 bits per heavy atom. The number of hydrogen-bond acceptors (Lipinski definition) is 5. The Kier molecular flexibility index (Phi) is 4.11. The molecule has 0 aliphatic carbocycles. The Balaban J connectivity index is 0.00000133. The lowest BCUT2D eigenvalue weighted by atomic mass is 9.96. The van der Waals surface area contributed by atoms with Gasteiger partial charge in [-0.05, 0) is 25.5 Å². The lowest BCUT2D eigenvalue weighted by molar-refractivity contribution is -0.385. The number of nitrogens with zero attached hydrogens (tertiary/aromatic N) is 1. The second kappa shape index (κ2) is 5.63. The van der Waals surface area contributed by atoms with Crippen molar-refractivity contribution in [3.05, 3.63) is 27.8 Å². The van der Waals surface area contributed by atoms with Gasteiger partial charge in [-0.25, -0.2) is 0 Å². The van der Waals surface area contributed by atoms with Crippen molar-refractivity contribution < 1.29 is 14.4 Å². The molecular weight excluding hydrogens is 272 g/mol. The first-order valence-electron chi connectivity index (χ1n) is 6.07. The van der Waals surface area contributed by atoms with Crippen molar-refractivity contribution in [2.24, 2.45) is 0 Å². The molecule has 19 heavy (non-hydrogen) atoms. The Bertz CT molecular complexity index is 489. The van der Waals surface area contributed by atoms with Gasteiger partial charge in [0.05, 0.1) is 16.6 Å². The van der Waals surface area contributed by atoms with Crippen LogP contribution in [0, 0.1) is 10.1 Å². The van der Waals surface area contributed by atoms with Crippen molar-refractivity contribution in [1.29, 1.82) is 0 Å². The molecule has 0 unspecified atom stereocenters. The monoisotopic (exact) mass is 286 g/mol. The molecule has 0 bridgehead atoms. The first kappa shape index (κ1) is 13.9. The molecule has 2 aliphatic heterocycles. The number of hydrogen-bond donors (Lipinski definition) is 1. The van der Waals surface area contributed by atoms with Crippen molar-refractivity contribution in [1.82, 2.24) is 5.32 Å². The Labute approximate surface area is 116 Å². The number of rotatable bonds is 2. The minimum atomic E-state index is -0.354. The summed E-state index contributed by atoms with van der Waals surface area (Å²) in [6.45, 7) is 1.03. The number of nitro benzene ring substituents is 1. The molecule has 2 aliphatic rings. The van der Waals surface area contributed by atoms with E-state index in [0.717, 1.165) is 25.8 Å². The number of piperidine rings is 1. The van der Waals surface area contributed by atoms with Gasteiger partial charge in [0.25, 0.3) is 5.69 Å². The van der Waals surface area contributed by atoms with Gasteiger partial charge in [-0.1, -0.05) is 6.42 Å². The molecule has 3 rings (SSSR count). The van der Waals surface area contributed by atoms with E-state index in [9.17, 15) is 10.1 Å². The standard InChI is InChI=1S/C12H14N2O4.ClH/c15-14(16)10-6-12-11(17-7-18-12)5-8(10)9-3-1-2-4-13-9;/h5-6,9,13H,1-4,7H2;1H/t9-;/m0./s1. The maximum Gasteiger partial charge on any atom is 0.278 e. The highest BCUT2D eigenvalue weighted by atomic mass is 35.5. The molecule has 0 spiro atoms. The fourth-order valence-electron chi connectivity index (χ4n) is 2.50. The van der Waals surface area contributed by atoms with Gasteiger partial charge in [-0.3, -0.25) is 10.1 Å². The quantitative estimate of drug-likeness (QED) is 0.668. The predicted octanol–water partition coefficient (Wildman–Crippen LogP) is 2.56. The van der Waals surface area contributed by atoms with E-state index in [1.165, 1.54) is 6.07 Å². The smallest absolute Gasteiger partial charge is 0.278 e. The van der Waals surface area contributed by atoms with Gasteiger partial charge in [0, 0.05) is 6.04 Å². The van der Waals surface area contributed by atoms with Crippen LogP contribution in [-0.2, 0) is 0 Å². The van der Waals surface area contributed by atoms with Crippen molar-refractivity contribution in [3.8, 4) is 11.5 Å². The lowest BCUT2D eigenvalue weighted by Gasteiger charge is -2.23. The van der Waals surface area contributed by atoms with Crippen molar-refractivity contribution in [3.63, 3.8) is 0 Å². The number of benzene rings is 1. The molecule has 1 aromatic rings. The highest BCUT2D eigenvalue weighted by Gasteiger charge is 2.28. The number of nitro groups is 1. The largest absolute Gasteiger partial charge is 0.454 e. The van der Waals surface area contributed by atoms with Crippen LogP contribution >= 0.6 is 12.4 Å². The normalized spacial score (nSPS) is 20.7. The molecule has 6 nitrogen and oxygen atoms in total. The fraction of sp³-hybridized carbons (Fsp3) is 0.500. The molecule has 104 valence electrons. The summed E-state index contributed by atoms with van der Waals surface area (Å²) in [7, 11) is 0. The summed E-state index contributed by atoms with van der Waals surface area (Å²) in [4.78, 5) is 10.8. The maximum absolute atomic E-state index is 11.1. The third kappa shape index (κ3) is 2.59. The van der Waals surface area contributed by atoms with E-state index in [2.05, 4.69) is 5.32 Å². The summed E-state index contributed by atoms with van der Waals surface area (Å²) in [6, 6.07) is 3.24. The molecular formula is C12H15ClN2O4. The van der Waals surface area contributed by atoms with E-state index in [-0.39, 0.29) is 35.9 Å². The predicted molar refractivity (Wildman–Crippen MR) is 71.1 cm³/mol. The first-order valence-corrected chi connectivity index (χ1v) is 6.07. The molecule has 1 atom stereocenters. The van der Waals surface area contributed by atoms with Crippen molar-refractivity contribution >= 4 is 18.1 Å². The summed E-state index contributed by atoms with van der Waals surface area (Å²) >= 11 is 0. The van der Waals surface area contributed by atoms with Crippen LogP contribution in [0.1, 0.15) is 30.9 Å². The van der Waals surface area contributed by atoms with Crippen LogP contribution in [0.5, 0.6) is 11.5 Å². The average molecular weight is 287 g/mol. The van der Waals surface area contributed by atoms with Gasteiger partial charge in [-0.2, -0.15) is 0 Å². The Morgan fingerprint density at radius 3 is 2.63 bits per heavy atom. The van der Waals surface area contributed by atoms with E-state index in [1.807, 2.05) is 0 Å². The van der Waals surface area contributed by atoms with Gasteiger partial charge < -0.3 is 14.8 Å². The minimum Gasteiger partial charge on any atom is -0.454 e. The zero-order valence-corrected chi connectivity index (χ0v) is 11.1. The van der Waals surface area contributed by atoms with Gasteiger partial charge in [0.1, 0.15) is 0 Å². The zero-order valence-electron chi connectivity index (χ0n) is 10.3. The number of fused-ring (bicyclic) bond motifs is 1. The van der Waals surface area contributed by atoms with E-state index < -0.39 is 0 Å². The molecule has 7 heteroatoms. The Morgan fingerprint density at radius 2 is 2.00 bits per heavy atom. The van der Waals surface area contributed by atoms with Gasteiger partial charge in [-0.15, -0.1) is 12.4 Å². The van der Waals surface area contributed by atoms with Crippen LogP contribution in [0.15, 0.2) is 12.1 Å². The third-order valence-electron chi connectivity index (χ3n) is 3.40. The zero-order chi connectivity index (χ0) is 12.5. The van der Waals surface area contributed by atoms with E-state index in [4.69, 9.17) is 9.47 Å². The molecule has 0 aromatic heterocycles. The first-order chi connectivity index (χ1) is 8.75. The van der Waals surface area contributed by atoms with Gasteiger partial charge >= 0.3 is 0 Å². The summed E-state index contributed by atoms with van der Waals surface area (Å²) in [5.74, 6) is 1.06. The van der Waals surface area contributed by atoms with Gasteiger partial charge in [0.2, 0.25) is 6.79 Å². The van der Waals surface area contributed by atoms with Crippen LogP contribution in [0.25, 0.3) is 0 Å². The molecule has 1 fully saturated rings. The van der Waals surface area contributed by atoms with Crippen LogP contribution < -0.4 is 14.8 Å². The van der Waals surface area contributed by atoms with E-state index >= 15 is 0 Å². The van der Waals surface area contributed by atoms with Crippen LogP contribution in [0.2, 0.25) is 0 Å². The molecule has 1 N–H and O–H groups in total. The highest BCUT2D eigenvalue weighted by molar-refractivity contribution is 5.85. The molecule has 0 amide bonds. The van der Waals surface area contributed by atoms with Crippen LogP contribution in [-0.4, -0.2) is 18.3 Å². The second-order valence-corrected chi connectivity index (χ2v) is 4.52. The van der Waals surface area contributed by atoms with Crippen molar-refractivity contribution in [2.75, 3.05) is 13.3 Å². The number of ether oxygens (including phenoxy) is 2. The highest BCUT2D eigenvalue weighted by Crippen LogP contribution is 2.41. The van der Waals surface area contributed by atoms with E-state index in [1.54, 1.807) is 6.07 Å². The molecule has 0 radical (unpaired) electrons.